The van der Waals surface area contributed by atoms with E-state index in [9.17, 15) is 0 Å². The molecule has 0 amide bonds. The molecule has 0 radical (unpaired) electrons. The molecule has 122 valence electrons. The van der Waals surface area contributed by atoms with Crippen LogP contribution in [0.5, 0.6) is 0 Å². The first-order chi connectivity index (χ1) is 11.7. The van der Waals surface area contributed by atoms with Crippen molar-refractivity contribution in [1.29, 1.82) is 5.26 Å². The van der Waals surface area contributed by atoms with E-state index in [1.54, 1.807) is 0 Å². The monoisotopic (exact) mass is 319 g/mol. The molecule has 3 heteroatoms. The summed E-state index contributed by atoms with van der Waals surface area (Å²) in [4.78, 5) is 0. The minimum absolute atomic E-state index is 0.226. The Bertz CT molecular complexity index is 746. The molecule has 2 aromatic rings. The van der Waals surface area contributed by atoms with Crippen molar-refractivity contribution in [2.45, 2.75) is 32.0 Å². The molecule has 3 fully saturated rings. The molecule has 2 aromatic carbocycles. The lowest BCUT2D eigenvalue weighted by molar-refractivity contribution is -0.350. The predicted octanol–water partition coefficient (Wildman–Crippen LogP) is 4.62. The molecule has 0 atom stereocenters. The van der Waals surface area contributed by atoms with Crippen LogP contribution < -0.4 is 0 Å². The molecule has 0 aliphatic carbocycles. The van der Waals surface area contributed by atoms with Crippen LogP contribution >= 0.6 is 0 Å². The van der Waals surface area contributed by atoms with Crippen LogP contribution in [0.2, 0.25) is 0 Å². The molecule has 5 rings (SSSR count). The van der Waals surface area contributed by atoms with E-state index >= 15 is 0 Å². The fourth-order valence-electron chi connectivity index (χ4n) is 3.69. The summed E-state index contributed by atoms with van der Waals surface area (Å²) >= 11 is 0. The molecule has 0 unspecified atom stereocenters. The second kappa shape index (κ2) is 5.73. The minimum atomic E-state index is -0.555. The van der Waals surface area contributed by atoms with Crippen LogP contribution in [0.1, 0.15) is 37.3 Å². The fourth-order valence-corrected chi connectivity index (χ4v) is 3.69. The van der Waals surface area contributed by atoms with Crippen molar-refractivity contribution < 1.29 is 9.47 Å². The van der Waals surface area contributed by atoms with Crippen molar-refractivity contribution in [3.8, 4) is 17.2 Å². The Morgan fingerprint density at radius 3 is 1.96 bits per heavy atom. The zero-order valence-electron chi connectivity index (χ0n) is 13.9. The zero-order valence-corrected chi connectivity index (χ0v) is 13.9. The lowest BCUT2D eigenvalue weighted by Gasteiger charge is -2.52. The molecule has 3 aliphatic rings. The Labute approximate surface area is 142 Å². The van der Waals surface area contributed by atoms with Crippen LogP contribution in [-0.4, -0.2) is 13.2 Å². The molecule has 0 aromatic heterocycles. The van der Waals surface area contributed by atoms with Crippen LogP contribution in [0.4, 0.5) is 0 Å². The molecular formula is C21H21NO2. The highest BCUT2D eigenvalue weighted by Gasteiger charge is 2.51. The largest absolute Gasteiger partial charge is 0.345 e. The van der Waals surface area contributed by atoms with Gasteiger partial charge in [0, 0.05) is 17.4 Å². The Morgan fingerprint density at radius 2 is 1.50 bits per heavy atom. The Kier molecular flexibility index (Phi) is 3.68. The Morgan fingerprint density at radius 1 is 0.917 bits per heavy atom. The summed E-state index contributed by atoms with van der Waals surface area (Å²) in [6, 6.07) is 18.2. The van der Waals surface area contributed by atoms with Gasteiger partial charge >= 0.3 is 0 Å². The lowest BCUT2D eigenvalue weighted by Crippen LogP contribution is -2.53. The van der Waals surface area contributed by atoms with Gasteiger partial charge in [0.15, 0.2) is 5.79 Å². The predicted molar refractivity (Wildman–Crippen MR) is 92.1 cm³/mol. The van der Waals surface area contributed by atoms with E-state index in [1.807, 2.05) is 24.3 Å². The van der Waals surface area contributed by atoms with Crippen LogP contribution in [0.15, 0.2) is 48.5 Å². The number of benzene rings is 2. The van der Waals surface area contributed by atoms with Gasteiger partial charge in [-0.3, -0.25) is 0 Å². The van der Waals surface area contributed by atoms with Gasteiger partial charge in [0.1, 0.15) is 0 Å². The normalized spacial score (nSPS) is 28.5. The highest BCUT2D eigenvalue weighted by molar-refractivity contribution is 5.64. The Balaban J connectivity index is 1.57. The van der Waals surface area contributed by atoms with Gasteiger partial charge in [-0.2, -0.15) is 5.26 Å². The maximum Gasteiger partial charge on any atom is 0.194 e. The second-order valence-electron chi connectivity index (χ2n) is 6.95. The molecule has 3 heterocycles. The fraction of sp³-hybridized carbons (Fsp3) is 0.381. The summed E-state index contributed by atoms with van der Waals surface area (Å²) in [6.45, 7) is 3.80. The topological polar surface area (TPSA) is 42.2 Å². The van der Waals surface area contributed by atoms with Gasteiger partial charge in [0.25, 0.3) is 0 Å². The summed E-state index contributed by atoms with van der Waals surface area (Å²) in [6.07, 6.45) is 3.21. The van der Waals surface area contributed by atoms with E-state index in [-0.39, 0.29) is 5.41 Å². The van der Waals surface area contributed by atoms with Crippen LogP contribution in [0.25, 0.3) is 11.1 Å². The molecule has 3 saturated heterocycles. The third kappa shape index (κ3) is 2.43. The maximum atomic E-state index is 8.90. The third-order valence-electron chi connectivity index (χ3n) is 5.63. The standard InChI is InChI=1S/C21H21NO2/c1-2-20-11-12-21(23-14-20,24-15-20)19-9-7-18(8-10-19)17-5-3-16(13-22)4-6-17/h3-10H,2,11-12,14-15H2,1H3. The van der Waals surface area contributed by atoms with Gasteiger partial charge in [-0.15, -0.1) is 0 Å². The first-order valence-corrected chi connectivity index (χ1v) is 8.58. The molecule has 24 heavy (non-hydrogen) atoms. The SMILES string of the molecule is CCC12CCC(c3ccc(-c4ccc(C#N)cc4)cc3)(OC1)OC2. The number of nitrogens with zero attached hydrogens (tertiary/aromatic N) is 1. The van der Waals surface area contributed by atoms with Crippen molar-refractivity contribution in [3.05, 3.63) is 59.7 Å². The molecule has 3 nitrogen and oxygen atoms in total. The van der Waals surface area contributed by atoms with E-state index < -0.39 is 5.79 Å². The molecular weight excluding hydrogens is 298 g/mol. The summed E-state index contributed by atoms with van der Waals surface area (Å²) in [7, 11) is 0. The average molecular weight is 319 g/mol. The van der Waals surface area contributed by atoms with E-state index in [1.165, 1.54) is 6.42 Å². The maximum absolute atomic E-state index is 8.90. The summed E-state index contributed by atoms with van der Waals surface area (Å²) in [5.41, 5.74) is 4.25. The summed E-state index contributed by atoms with van der Waals surface area (Å²) in [5.74, 6) is -0.555. The van der Waals surface area contributed by atoms with Gasteiger partial charge in [0.05, 0.1) is 24.8 Å². The van der Waals surface area contributed by atoms with E-state index in [4.69, 9.17) is 14.7 Å². The highest BCUT2D eigenvalue weighted by atomic mass is 16.7. The van der Waals surface area contributed by atoms with Crippen LogP contribution in [-0.2, 0) is 15.3 Å². The number of hydrogen-bond donors (Lipinski definition) is 0. The number of fused-ring (bicyclic) bond motifs is 3. The van der Waals surface area contributed by atoms with Crippen LogP contribution in [0, 0.1) is 16.7 Å². The number of rotatable bonds is 3. The van der Waals surface area contributed by atoms with Crippen LogP contribution in [0.3, 0.4) is 0 Å². The van der Waals surface area contributed by atoms with Crippen molar-refractivity contribution >= 4 is 0 Å². The quantitative estimate of drug-likeness (QED) is 0.829. The summed E-state index contributed by atoms with van der Waals surface area (Å²) < 4.78 is 12.3. The molecule has 0 saturated carbocycles. The molecule has 0 N–H and O–H groups in total. The van der Waals surface area contributed by atoms with Crippen molar-refractivity contribution in [3.63, 3.8) is 0 Å². The van der Waals surface area contributed by atoms with Gasteiger partial charge in [-0.25, -0.2) is 0 Å². The molecule has 0 spiro atoms. The van der Waals surface area contributed by atoms with Crippen molar-refractivity contribution in [1.82, 2.24) is 0 Å². The number of ether oxygens (including phenoxy) is 2. The molecule has 2 bridgehead atoms. The van der Waals surface area contributed by atoms with Gasteiger partial charge in [-0.05, 0) is 36.1 Å². The first-order valence-electron chi connectivity index (χ1n) is 8.58. The van der Waals surface area contributed by atoms with E-state index in [0.29, 0.717) is 5.56 Å². The summed E-state index contributed by atoms with van der Waals surface area (Å²) in [5, 5.41) is 8.90. The zero-order chi connectivity index (χ0) is 16.6. The third-order valence-corrected chi connectivity index (χ3v) is 5.63. The first kappa shape index (κ1) is 15.4. The van der Waals surface area contributed by atoms with Gasteiger partial charge in [0.2, 0.25) is 0 Å². The number of hydrogen-bond acceptors (Lipinski definition) is 3. The van der Waals surface area contributed by atoms with E-state index in [2.05, 4.69) is 37.3 Å². The van der Waals surface area contributed by atoms with E-state index in [0.717, 1.165) is 42.7 Å². The van der Waals surface area contributed by atoms with Gasteiger partial charge in [-0.1, -0.05) is 43.3 Å². The van der Waals surface area contributed by atoms with Crippen molar-refractivity contribution in [2.24, 2.45) is 5.41 Å². The smallest absolute Gasteiger partial charge is 0.194 e. The van der Waals surface area contributed by atoms with Gasteiger partial charge < -0.3 is 9.47 Å². The van der Waals surface area contributed by atoms with Crippen molar-refractivity contribution in [2.75, 3.05) is 13.2 Å². The average Bonchev–Trinajstić information content (AvgIpc) is 2.69. The number of nitriles is 1. The lowest BCUT2D eigenvalue weighted by atomic mass is 9.75. The Hall–Kier alpha value is -2.15. The highest BCUT2D eigenvalue weighted by Crippen LogP contribution is 2.50. The minimum Gasteiger partial charge on any atom is -0.345 e. The second-order valence-corrected chi connectivity index (χ2v) is 6.95. The molecule has 3 aliphatic heterocycles.